The van der Waals surface area contributed by atoms with Crippen molar-refractivity contribution in [1.29, 1.82) is 0 Å². The number of aromatic nitrogens is 2. The molecule has 1 atom stereocenters. The summed E-state index contributed by atoms with van der Waals surface area (Å²) in [5, 5.41) is 0. The zero-order valence-corrected chi connectivity index (χ0v) is 13.2. The topological polar surface area (TPSA) is 81.3 Å². The quantitative estimate of drug-likeness (QED) is 0.923. The molecule has 3 rings (SSSR count). The molecule has 2 aromatic rings. The minimum absolute atomic E-state index is 0.0333. The molecule has 24 heavy (non-hydrogen) atoms. The van der Waals surface area contributed by atoms with E-state index in [1.807, 2.05) is 0 Å². The Kier molecular flexibility index (Phi) is 5.00. The molecule has 1 aromatic carbocycles. The lowest BCUT2D eigenvalue weighted by Gasteiger charge is -2.33. The largest absolute Gasteiger partial charge is 0.382 e. The molecule has 1 fully saturated rings. The number of aryl methyl sites for hydroxylation is 1. The van der Waals surface area contributed by atoms with Crippen molar-refractivity contribution in [1.82, 2.24) is 14.9 Å². The number of nitrogens with zero attached hydrogens (tertiary/aromatic N) is 3. The van der Waals surface area contributed by atoms with E-state index in [0.717, 1.165) is 0 Å². The molecule has 7 heteroatoms. The Hall–Kier alpha value is -2.54. The van der Waals surface area contributed by atoms with E-state index in [1.165, 1.54) is 12.3 Å². The van der Waals surface area contributed by atoms with Crippen LogP contribution in [-0.4, -0.2) is 40.5 Å². The van der Waals surface area contributed by atoms with Crippen LogP contribution in [0, 0.1) is 5.82 Å². The maximum atomic E-state index is 13.6. The molecular formula is C17H19FN4O2. The molecular weight excluding hydrogens is 311 g/mol. The van der Waals surface area contributed by atoms with Gasteiger partial charge in [-0.1, -0.05) is 18.2 Å². The van der Waals surface area contributed by atoms with E-state index in [-0.39, 0.29) is 24.2 Å². The summed E-state index contributed by atoms with van der Waals surface area (Å²) in [6.45, 7) is 1.29. The first-order valence-electron chi connectivity index (χ1n) is 7.84. The maximum absolute atomic E-state index is 13.6. The number of hydrogen-bond acceptors (Lipinski definition) is 5. The number of anilines is 1. The number of amides is 1. The SMILES string of the molecule is Nc1nccnc1[C@H]1CN(C(=O)CCc2ccccc2F)CCO1. The molecule has 1 amide bonds. The van der Waals surface area contributed by atoms with Crippen LogP contribution in [0.3, 0.4) is 0 Å². The number of rotatable bonds is 4. The predicted octanol–water partition coefficient (Wildman–Crippen LogP) is 1.73. The van der Waals surface area contributed by atoms with Crippen molar-refractivity contribution in [2.24, 2.45) is 0 Å². The van der Waals surface area contributed by atoms with Gasteiger partial charge >= 0.3 is 0 Å². The summed E-state index contributed by atoms with van der Waals surface area (Å²) in [7, 11) is 0. The fourth-order valence-corrected chi connectivity index (χ4v) is 2.75. The third-order valence-corrected chi connectivity index (χ3v) is 4.05. The van der Waals surface area contributed by atoms with Crippen LogP contribution in [0.4, 0.5) is 10.2 Å². The van der Waals surface area contributed by atoms with Gasteiger partial charge in [-0.15, -0.1) is 0 Å². The molecule has 2 heterocycles. The van der Waals surface area contributed by atoms with Crippen molar-refractivity contribution in [2.45, 2.75) is 18.9 Å². The molecule has 1 saturated heterocycles. The Morgan fingerprint density at radius 1 is 1.33 bits per heavy atom. The van der Waals surface area contributed by atoms with Crippen LogP contribution in [0.25, 0.3) is 0 Å². The van der Waals surface area contributed by atoms with Crippen molar-refractivity contribution in [3.63, 3.8) is 0 Å². The summed E-state index contributed by atoms with van der Waals surface area (Å²) < 4.78 is 19.3. The zero-order valence-electron chi connectivity index (χ0n) is 13.2. The van der Waals surface area contributed by atoms with Gasteiger partial charge in [-0.2, -0.15) is 0 Å². The average molecular weight is 330 g/mol. The van der Waals surface area contributed by atoms with E-state index in [0.29, 0.717) is 43.2 Å². The molecule has 0 radical (unpaired) electrons. The van der Waals surface area contributed by atoms with Gasteiger partial charge in [0.05, 0.1) is 13.2 Å². The monoisotopic (exact) mass is 330 g/mol. The van der Waals surface area contributed by atoms with E-state index >= 15 is 0 Å². The van der Waals surface area contributed by atoms with Gasteiger partial charge in [-0.3, -0.25) is 9.78 Å². The first-order valence-corrected chi connectivity index (χ1v) is 7.84. The van der Waals surface area contributed by atoms with Gasteiger partial charge in [-0.05, 0) is 18.1 Å². The fraction of sp³-hybridized carbons (Fsp3) is 0.353. The first kappa shape index (κ1) is 16.3. The number of nitrogen functional groups attached to an aromatic ring is 1. The van der Waals surface area contributed by atoms with Crippen molar-refractivity contribution >= 4 is 11.7 Å². The highest BCUT2D eigenvalue weighted by molar-refractivity contribution is 5.76. The summed E-state index contributed by atoms with van der Waals surface area (Å²) in [4.78, 5) is 22.3. The molecule has 1 aliphatic heterocycles. The molecule has 0 unspecified atom stereocenters. The van der Waals surface area contributed by atoms with Gasteiger partial charge < -0.3 is 15.4 Å². The number of nitrogens with two attached hydrogens (primary N) is 1. The van der Waals surface area contributed by atoms with Crippen LogP contribution in [0.15, 0.2) is 36.7 Å². The van der Waals surface area contributed by atoms with Gasteiger partial charge in [-0.25, -0.2) is 9.37 Å². The van der Waals surface area contributed by atoms with Crippen LogP contribution in [0.1, 0.15) is 23.8 Å². The van der Waals surface area contributed by atoms with Crippen LogP contribution in [-0.2, 0) is 16.0 Å². The molecule has 126 valence electrons. The Bertz CT molecular complexity index is 725. The number of ether oxygens (including phenoxy) is 1. The minimum Gasteiger partial charge on any atom is -0.382 e. The van der Waals surface area contributed by atoms with E-state index < -0.39 is 0 Å². The lowest BCUT2D eigenvalue weighted by atomic mass is 10.1. The normalized spacial score (nSPS) is 17.7. The van der Waals surface area contributed by atoms with Gasteiger partial charge in [0.2, 0.25) is 5.91 Å². The summed E-state index contributed by atoms with van der Waals surface area (Å²) in [6, 6.07) is 6.51. The lowest BCUT2D eigenvalue weighted by Crippen LogP contribution is -2.42. The molecule has 0 saturated carbocycles. The average Bonchev–Trinajstić information content (AvgIpc) is 2.61. The van der Waals surface area contributed by atoms with Gasteiger partial charge in [0, 0.05) is 25.4 Å². The number of benzene rings is 1. The second-order valence-corrected chi connectivity index (χ2v) is 5.62. The number of carbonyl (C=O) groups is 1. The predicted molar refractivity (Wildman–Crippen MR) is 86.4 cm³/mol. The summed E-state index contributed by atoms with van der Waals surface area (Å²) in [5.41, 5.74) is 6.92. The summed E-state index contributed by atoms with van der Waals surface area (Å²) in [6.07, 6.45) is 3.31. The molecule has 1 aliphatic rings. The Morgan fingerprint density at radius 2 is 2.12 bits per heavy atom. The van der Waals surface area contributed by atoms with Crippen LogP contribution in [0.5, 0.6) is 0 Å². The second kappa shape index (κ2) is 7.35. The molecule has 1 aromatic heterocycles. The lowest BCUT2D eigenvalue weighted by molar-refractivity contribution is -0.139. The van der Waals surface area contributed by atoms with Gasteiger partial charge in [0.1, 0.15) is 23.4 Å². The number of morpholine rings is 1. The summed E-state index contributed by atoms with van der Waals surface area (Å²) in [5.74, 6) is -0.00495. The van der Waals surface area contributed by atoms with E-state index in [2.05, 4.69) is 9.97 Å². The van der Waals surface area contributed by atoms with Crippen LogP contribution >= 0.6 is 0 Å². The fourth-order valence-electron chi connectivity index (χ4n) is 2.75. The Labute approximate surface area is 139 Å². The van der Waals surface area contributed by atoms with Crippen molar-refractivity contribution < 1.29 is 13.9 Å². The van der Waals surface area contributed by atoms with Gasteiger partial charge in [0.15, 0.2) is 0 Å². The highest BCUT2D eigenvalue weighted by Gasteiger charge is 2.27. The van der Waals surface area contributed by atoms with Crippen molar-refractivity contribution in [3.05, 3.63) is 53.7 Å². The van der Waals surface area contributed by atoms with Crippen molar-refractivity contribution in [3.8, 4) is 0 Å². The van der Waals surface area contributed by atoms with Crippen molar-refractivity contribution in [2.75, 3.05) is 25.4 Å². The Balaban J connectivity index is 1.61. The second-order valence-electron chi connectivity index (χ2n) is 5.62. The Morgan fingerprint density at radius 3 is 2.92 bits per heavy atom. The minimum atomic E-state index is -0.384. The summed E-state index contributed by atoms with van der Waals surface area (Å²) >= 11 is 0. The van der Waals surface area contributed by atoms with E-state index in [4.69, 9.17) is 10.5 Å². The van der Waals surface area contributed by atoms with Crippen LogP contribution in [0.2, 0.25) is 0 Å². The van der Waals surface area contributed by atoms with E-state index in [9.17, 15) is 9.18 Å². The smallest absolute Gasteiger partial charge is 0.223 e. The third-order valence-electron chi connectivity index (χ3n) is 4.05. The first-order chi connectivity index (χ1) is 11.6. The number of carbonyl (C=O) groups excluding carboxylic acids is 1. The third kappa shape index (κ3) is 3.68. The standard InChI is InChI=1S/C17H19FN4O2/c18-13-4-2-1-3-12(13)5-6-15(23)22-9-10-24-14(11-22)16-17(19)21-8-7-20-16/h1-4,7-8,14H,5-6,9-11H2,(H2,19,21)/t14-/m1/s1. The molecule has 0 aliphatic carbocycles. The number of hydrogen-bond donors (Lipinski definition) is 1. The highest BCUT2D eigenvalue weighted by Crippen LogP contribution is 2.24. The highest BCUT2D eigenvalue weighted by atomic mass is 19.1. The molecule has 2 N–H and O–H groups in total. The van der Waals surface area contributed by atoms with E-state index in [1.54, 1.807) is 29.3 Å². The molecule has 6 nitrogen and oxygen atoms in total. The molecule has 0 bridgehead atoms. The maximum Gasteiger partial charge on any atom is 0.223 e. The zero-order chi connectivity index (χ0) is 16.9. The molecule has 0 spiro atoms. The van der Waals surface area contributed by atoms with Crippen LogP contribution < -0.4 is 5.73 Å². The number of halogens is 1. The van der Waals surface area contributed by atoms with Gasteiger partial charge in [0.25, 0.3) is 0 Å².